The second-order valence-corrected chi connectivity index (χ2v) is 4.92. The first-order valence-electron chi connectivity index (χ1n) is 5.96. The summed E-state index contributed by atoms with van der Waals surface area (Å²) in [6.45, 7) is 1.12. The molecule has 0 saturated heterocycles. The normalized spacial score (nSPS) is 9.95. The Morgan fingerprint density at radius 2 is 2.00 bits per heavy atom. The van der Waals surface area contributed by atoms with Crippen molar-refractivity contribution in [3.8, 4) is 0 Å². The lowest BCUT2D eigenvalue weighted by molar-refractivity contribution is 0.0696. The smallest absolute Gasteiger partial charge is 0.335 e. The maximum atomic E-state index is 11.4. The van der Waals surface area contributed by atoms with Crippen molar-refractivity contribution in [2.45, 2.75) is 6.42 Å². The standard InChI is InChI=1S/C13H18N2O3S/c1-19-8-7-15-13(18)14-6-5-10-3-2-4-11(9-10)12(16)17/h2-4,9H,5-8H2,1H3,(H,16,17)(H2,14,15,18). The molecule has 0 aliphatic heterocycles. The summed E-state index contributed by atoms with van der Waals surface area (Å²) in [4.78, 5) is 22.2. The van der Waals surface area contributed by atoms with Gasteiger partial charge in [0.15, 0.2) is 0 Å². The number of hydrogen-bond acceptors (Lipinski definition) is 3. The van der Waals surface area contributed by atoms with Crippen LogP contribution in [-0.4, -0.2) is 42.2 Å². The number of nitrogens with one attached hydrogen (secondary N) is 2. The molecule has 19 heavy (non-hydrogen) atoms. The fourth-order valence-corrected chi connectivity index (χ4v) is 1.82. The summed E-state index contributed by atoms with van der Waals surface area (Å²) in [5.74, 6) is -0.0572. The topological polar surface area (TPSA) is 78.4 Å². The van der Waals surface area contributed by atoms with Gasteiger partial charge in [0, 0.05) is 18.8 Å². The molecule has 0 saturated carbocycles. The number of aromatic carboxylic acids is 1. The van der Waals surface area contributed by atoms with Gasteiger partial charge in [-0.05, 0) is 30.4 Å². The first-order chi connectivity index (χ1) is 9.13. The Morgan fingerprint density at radius 3 is 2.68 bits per heavy atom. The highest BCUT2D eigenvalue weighted by atomic mass is 32.2. The molecule has 1 aromatic carbocycles. The number of urea groups is 1. The Labute approximate surface area is 116 Å². The van der Waals surface area contributed by atoms with Crippen LogP contribution in [0.2, 0.25) is 0 Å². The van der Waals surface area contributed by atoms with E-state index in [1.165, 1.54) is 0 Å². The van der Waals surface area contributed by atoms with Crippen LogP contribution in [0.15, 0.2) is 24.3 Å². The minimum absolute atomic E-state index is 0.191. The maximum Gasteiger partial charge on any atom is 0.335 e. The summed E-state index contributed by atoms with van der Waals surface area (Å²) < 4.78 is 0. The third kappa shape index (κ3) is 6.15. The lowest BCUT2D eigenvalue weighted by atomic mass is 10.1. The first kappa shape index (κ1) is 15.4. The van der Waals surface area contributed by atoms with E-state index in [4.69, 9.17) is 5.11 Å². The van der Waals surface area contributed by atoms with E-state index in [0.717, 1.165) is 11.3 Å². The highest BCUT2D eigenvalue weighted by Crippen LogP contribution is 2.05. The lowest BCUT2D eigenvalue weighted by Crippen LogP contribution is -2.37. The number of hydrogen-bond donors (Lipinski definition) is 3. The Balaban J connectivity index is 2.31. The minimum atomic E-state index is -0.940. The number of carboxylic acid groups (broad SMARTS) is 1. The van der Waals surface area contributed by atoms with E-state index in [1.54, 1.807) is 30.0 Å². The average molecular weight is 282 g/mol. The van der Waals surface area contributed by atoms with Crippen LogP contribution in [0, 0.1) is 0 Å². The quantitative estimate of drug-likeness (QED) is 0.664. The third-order valence-electron chi connectivity index (χ3n) is 2.46. The van der Waals surface area contributed by atoms with Crippen molar-refractivity contribution in [2.24, 2.45) is 0 Å². The number of rotatable bonds is 7. The van der Waals surface area contributed by atoms with Gasteiger partial charge in [0.05, 0.1) is 5.56 Å². The lowest BCUT2D eigenvalue weighted by Gasteiger charge is -2.07. The Hall–Kier alpha value is -1.69. The molecular formula is C13H18N2O3S. The molecule has 0 spiro atoms. The summed E-state index contributed by atoms with van der Waals surface area (Å²) in [7, 11) is 0. The van der Waals surface area contributed by atoms with Crippen molar-refractivity contribution in [1.29, 1.82) is 0 Å². The van der Waals surface area contributed by atoms with Crippen LogP contribution in [0.3, 0.4) is 0 Å². The molecule has 0 radical (unpaired) electrons. The van der Waals surface area contributed by atoms with Gasteiger partial charge < -0.3 is 15.7 Å². The Bertz CT molecular complexity index is 438. The molecule has 1 aromatic rings. The number of carbonyl (C=O) groups is 2. The molecule has 0 aliphatic rings. The molecule has 0 aromatic heterocycles. The Kier molecular flexibility index (Phi) is 6.81. The van der Waals surface area contributed by atoms with Crippen molar-refractivity contribution in [3.63, 3.8) is 0 Å². The highest BCUT2D eigenvalue weighted by molar-refractivity contribution is 7.98. The number of carbonyl (C=O) groups excluding carboxylic acids is 1. The first-order valence-corrected chi connectivity index (χ1v) is 7.35. The zero-order chi connectivity index (χ0) is 14.1. The average Bonchev–Trinajstić information content (AvgIpc) is 2.39. The minimum Gasteiger partial charge on any atom is -0.478 e. The van der Waals surface area contributed by atoms with Crippen LogP contribution in [0.4, 0.5) is 4.79 Å². The monoisotopic (exact) mass is 282 g/mol. The molecule has 0 heterocycles. The van der Waals surface area contributed by atoms with Crippen molar-refractivity contribution in [2.75, 3.05) is 25.1 Å². The van der Waals surface area contributed by atoms with Gasteiger partial charge in [0.1, 0.15) is 0 Å². The predicted octanol–water partition coefficient (Wildman–Crippen LogP) is 1.59. The van der Waals surface area contributed by atoms with E-state index in [1.807, 2.05) is 12.3 Å². The molecule has 104 valence electrons. The van der Waals surface area contributed by atoms with Crippen LogP contribution in [-0.2, 0) is 6.42 Å². The highest BCUT2D eigenvalue weighted by Gasteiger charge is 2.03. The summed E-state index contributed by atoms with van der Waals surface area (Å²) in [6.07, 6.45) is 2.59. The molecular weight excluding hydrogens is 264 g/mol. The molecule has 5 nitrogen and oxygen atoms in total. The van der Waals surface area contributed by atoms with E-state index >= 15 is 0 Å². The molecule has 1 rings (SSSR count). The van der Waals surface area contributed by atoms with Crippen LogP contribution in [0.25, 0.3) is 0 Å². The maximum absolute atomic E-state index is 11.4. The molecule has 0 bridgehead atoms. The van der Waals surface area contributed by atoms with Crippen LogP contribution >= 0.6 is 11.8 Å². The summed E-state index contributed by atoms with van der Waals surface area (Å²) >= 11 is 1.67. The van der Waals surface area contributed by atoms with Gasteiger partial charge in [-0.15, -0.1) is 0 Å². The fraction of sp³-hybridized carbons (Fsp3) is 0.385. The summed E-state index contributed by atoms with van der Waals surface area (Å²) in [5.41, 5.74) is 1.16. The predicted molar refractivity (Wildman–Crippen MR) is 76.9 cm³/mol. The Morgan fingerprint density at radius 1 is 1.26 bits per heavy atom. The van der Waals surface area contributed by atoms with Gasteiger partial charge in [-0.1, -0.05) is 12.1 Å². The zero-order valence-electron chi connectivity index (χ0n) is 10.8. The van der Waals surface area contributed by atoms with Gasteiger partial charge in [0.2, 0.25) is 0 Å². The number of thioether (sulfide) groups is 1. The van der Waals surface area contributed by atoms with Crippen LogP contribution in [0.5, 0.6) is 0 Å². The van der Waals surface area contributed by atoms with E-state index in [9.17, 15) is 9.59 Å². The molecule has 6 heteroatoms. The fourth-order valence-electron chi connectivity index (χ4n) is 1.51. The molecule has 0 unspecified atom stereocenters. The van der Waals surface area contributed by atoms with Crippen LogP contribution in [0.1, 0.15) is 15.9 Å². The van der Waals surface area contributed by atoms with Gasteiger partial charge in [0.25, 0.3) is 0 Å². The SMILES string of the molecule is CSCCNC(=O)NCCc1cccc(C(=O)O)c1. The van der Waals surface area contributed by atoms with Gasteiger partial charge >= 0.3 is 12.0 Å². The molecule has 2 amide bonds. The van der Waals surface area contributed by atoms with Gasteiger partial charge in [-0.2, -0.15) is 11.8 Å². The largest absolute Gasteiger partial charge is 0.478 e. The number of amides is 2. The van der Waals surface area contributed by atoms with Gasteiger partial charge in [-0.25, -0.2) is 9.59 Å². The second kappa shape index (κ2) is 8.42. The van der Waals surface area contributed by atoms with E-state index in [0.29, 0.717) is 19.5 Å². The van der Waals surface area contributed by atoms with Crippen molar-refractivity contribution in [1.82, 2.24) is 10.6 Å². The van der Waals surface area contributed by atoms with Crippen molar-refractivity contribution in [3.05, 3.63) is 35.4 Å². The van der Waals surface area contributed by atoms with Crippen molar-refractivity contribution >= 4 is 23.8 Å². The molecule has 3 N–H and O–H groups in total. The second-order valence-electron chi connectivity index (χ2n) is 3.93. The van der Waals surface area contributed by atoms with E-state index in [2.05, 4.69) is 10.6 Å². The zero-order valence-corrected chi connectivity index (χ0v) is 11.6. The molecule has 0 fully saturated rings. The summed E-state index contributed by atoms with van der Waals surface area (Å²) in [5, 5.41) is 14.3. The number of benzene rings is 1. The van der Waals surface area contributed by atoms with E-state index in [-0.39, 0.29) is 11.6 Å². The van der Waals surface area contributed by atoms with Crippen LogP contribution < -0.4 is 10.6 Å². The molecule has 0 aliphatic carbocycles. The van der Waals surface area contributed by atoms with Crippen molar-refractivity contribution < 1.29 is 14.7 Å². The third-order valence-corrected chi connectivity index (χ3v) is 3.08. The summed E-state index contributed by atoms with van der Waals surface area (Å²) in [6, 6.07) is 6.53. The number of carboxylic acids is 1. The van der Waals surface area contributed by atoms with E-state index < -0.39 is 5.97 Å². The molecule has 0 atom stereocenters. The van der Waals surface area contributed by atoms with Gasteiger partial charge in [-0.3, -0.25) is 0 Å².